The second-order valence-corrected chi connectivity index (χ2v) is 11.2. The molecule has 1 N–H and O–H groups in total. The molecule has 0 atom stereocenters. The van der Waals surface area contributed by atoms with Crippen molar-refractivity contribution in [1.82, 2.24) is 4.31 Å². The van der Waals surface area contributed by atoms with Gasteiger partial charge in [-0.3, -0.25) is 4.79 Å². The van der Waals surface area contributed by atoms with Gasteiger partial charge in [0.15, 0.2) is 0 Å². The fourth-order valence-corrected chi connectivity index (χ4v) is 7.30. The first kappa shape index (κ1) is 25.4. The Labute approximate surface area is 203 Å². The van der Waals surface area contributed by atoms with E-state index in [1.165, 1.54) is 11.3 Å². The van der Waals surface area contributed by atoms with E-state index in [2.05, 4.69) is 0 Å². The molecule has 1 aliphatic heterocycles. The molecule has 3 aromatic rings. The molecule has 188 valence electrons. The molecule has 2 aromatic carbocycles. The quantitative estimate of drug-likeness (QED) is 0.432. The van der Waals surface area contributed by atoms with Crippen molar-refractivity contribution < 1.29 is 35.9 Å². The Morgan fingerprint density at radius 1 is 1.17 bits per heavy atom. The number of hydrogen-bond acceptors (Lipinski definition) is 4. The molecule has 0 radical (unpaired) electrons. The van der Waals surface area contributed by atoms with Crippen molar-refractivity contribution in [3.63, 3.8) is 0 Å². The summed E-state index contributed by atoms with van der Waals surface area (Å²) in [5.74, 6) is -3.10. The van der Waals surface area contributed by atoms with Crippen LogP contribution in [-0.4, -0.2) is 36.9 Å². The minimum absolute atomic E-state index is 0.0282. The second kappa shape index (κ2) is 9.40. The number of carboxylic acid groups (broad SMARTS) is 1. The van der Waals surface area contributed by atoms with Crippen LogP contribution in [0.1, 0.15) is 29.5 Å². The Morgan fingerprint density at radius 3 is 2.43 bits per heavy atom. The van der Waals surface area contributed by atoms with Crippen LogP contribution < -0.4 is 4.31 Å². The van der Waals surface area contributed by atoms with Crippen molar-refractivity contribution >= 4 is 42.6 Å². The first-order chi connectivity index (χ1) is 16.4. The Morgan fingerprint density at radius 2 is 1.83 bits per heavy atom. The monoisotopic (exact) mass is 530 g/mol. The largest absolute Gasteiger partial charge is 0.481 e. The topological polar surface area (TPSA) is 77.9 Å². The molecule has 2 heterocycles. The molecule has 0 unspecified atom stereocenters. The summed E-state index contributed by atoms with van der Waals surface area (Å²) < 4.78 is 84.3. The maximum Gasteiger partial charge on any atom is 0.419 e. The highest BCUT2D eigenvalue weighted by Gasteiger charge is 2.38. The number of benzene rings is 2. The molecule has 0 bridgehead atoms. The minimum atomic E-state index is -4.93. The third-order valence-corrected chi connectivity index (χ3v) is 9.41. The van der Waals surface area contributed by atoms with Gasteiger partial charge in [0, 0.05) is 17.8 Å². The predicted molar refractivity (Wildman–Crippen MR) is 125 cm³/mol. The number of thiophene rings is 1. The van der Waals surface area contributed by atoms with Gasteiger partial charge in [-0.25, -0.2) is 8.70 Å². The SMILES string of the molecule is Cc1c(N(Cc2ccc(F)c(C(F)(F)F)c2)S(=O)(=O)N2CCC(C(=O)O)CC2)sc2ccccc12. The summed E-state index contributed by atoms with van der Waals surface area (Å²) in [6, 6.07) is 9.68. The first-order valence-electron chi connectivity index (χ1n) is 10.7. The zero-order chi connectivity index (χ0) is 25.5. The van der Waals surface area contributed by atoms with E-state index < -0.39 is 46.2 Å². The van der Waals surface area contributed by atoms with Gasteiger partial charge in [-0.15, -0.1) is 11.3 Å². The molecule has 12 heteroatoms. The van der Waals surface area contributed by atoms with Crippen LogP contribution in [0.2, 0.25) is 0 Å². The van der Waals surface area contributed by atoms with Gasteiger partial charge < -0.3 is 5.11 Å². The number of fused-ring (bicyclic) bond motifs is 1. The number of hydrogen-bond donors (Lipinski definition) is 1. The summed E-state index contributed by atoms with van der Waals surface area (Å²) in [6.45, 7) is 1.23. The van der Waals surface area contributed by atoms with Crippen molar-refractivity contribution in [3.05, 3.63) is 65.0 Å². The minimum Gasteiger partial charge on any atom is -0.481 e. The maximum atomic E-state index is 13.9. The van der Waals surface area contributed by atoms with Gasteiger partial charge in [0.1, 0.15) is 10.8 Å². The summed E-state index contributed by atoms with van der Waals surface area (Å²) in [4.78, 5) is 11.3. The number of aryl methyl sites for hydroxylation is 1. The van der Waals surface area contributed by atoms with Crippen molar-refractivity contribution in [3.8, 4) is 0 Å². The third kappa shape index (κ3) is 5.00. The fourth-order valence-electron chi connectivity index (χ4n) is 4.18. The normalized spacial score (nSPS) is 16.0. The standard InChI is InChI=1S/C23H22F4N2O4S2/c1-14-17-4-2-3-5-20(17)34-21(14)29(13-15-6-7-19(24)18(12-15)23(25,26)27)35(32,33)28-10-8-16(9-11-28)22(30)31/h2-7,12,16H,8-11,13H2,1H3,(H,30,31). The van der Waals surface area contributed by atoms with Crippen LogP contribution in [0, 0.1) is 18.7 Å². The molecule has 1 aliphatic rings. The Bertz CT molecular complexity index is 1360. The highest BCUT2D eigenvalue weighted by atomic mass is 32.2. The molecule has 4 rings (SSSR count). The van der Waals surface area contributed by atoms with E-state index in [-0.39, 0.29) is 31.5 Å². The lowest BCUT2D eigenvalue weighted by molar-refractivity contribution is -0.143. The summed E-state index contributed by atoms with van der Waals surface area (Å²) in [5, 5.41) is 10.4. The number of rotatable bonds is 6. The van der Waals surface area contributed by atoms with Crippen molar-refractivity contribution in [2.75, 3.05) is 17.4 Å². The molecular weight excluding hydrogens is 508 g/mol. The van der Waals surface area contributed by atoms with Crippen LogP contribution >= 0.6 is 11.3 Å². The number of carboxylic acids is 1. The molecular formula is C23H22F4N2O4S2. The van der Waals surface area contributed by atoms with Gasteiger partial charge in [-0.1, -0.05) is 24.3 Å². The van der Waals surface area contributed by atoms with Gasteiger partial charge in [0.25, 0.3) is 0 Å². The van der Waals surface area contributed by atoms with E-state index in [9.17, 15) is 35.9 Å². The molecule has 1 saturated heterocycles. The molecule has 1 aromatic heterocycles. The molecule has 0 amide bonds. The summed E-state index contributed by atoms with van der Waals surface area (Å²) in [6.07, 6.45) is -4.68. The second-order valence-electron chi connectivity index (χ2n) is 8.37. The molecule has 35 heavy (non-hydrogen) atoms. The van der Waals surface area contributed by atoms with Gasteiger partial charge in [0.05, 0.1) is 18.0 Å². The zero-order valence-corrected chi connectivity index (χ0v) is 20.2. The van der Waals surface area contributed by atoms with E-state index in [0.29, 0.717) is 22.7 Å². The number of piperidine rings is 1. The smallest absolute Gasteiger partial charge is 0.419 e. The van der Waals surface area contributed by atoms with Crippen molar-refractivity contribution in [2.45, 2.75) is 32.5 Å². The third-order valence-electron chi connectivity index (χ3n) is 6.12. The lowest BCUT2D eigenvalue weighted by atomic mass is 9.99. The predicted octanol–water partition coefficient (Wildman–Crippen LogP) is 5.42. The first-order valence-corrected chi connectivity index (χ1v) is 13.0. The summed E-state index contributed by atoms with van der Waals surface area (Å²) in [5.41, 5.74) is -0.852. The number of anilines is 1. The van der Waals surface area contributed by atoms with E-state index in [4.69, 9.17) is 0 Å². The molecule has 1 fully saturated rings. The Kier molecular flexibility index (Phi) is 6.82. The molecule has 0 saturated carbocycles. The highest BCUT2D eigenvalue weighted by Crippen LogP contribution is 2.41. The van der Waals surface area contributed by atoms with Gasteiger partial charge in [-0.2, -0.15) is 25.9 Å². The average molecular weight is 531 g/mol. The van der Waals surface area contributed by atoms with Gasteiger partial charge >= 0.3 is 22.4 Å². The van der Waals surface area contributed by atoms with Crippen LogP contribution in [0.3, 0.4) is 0 Å². The summed E-state index contributed by atoms with van der Waals surface area (Å²) in [7, 11) is -4.24. The van der Waals surface area contributed by atoms with Crippen molar-refractivity contribution in [1.29, 1.82) is 0 Å². The zero-order valence-electron chi connectivity index (χ0n) is 18.5. The molecule has 0 aliphatic carbocycles. The van der Waals surface area contributed by atoms with Crippen LogP contribution in [0.15, 0.2) is 42.5 Å². The lowest BCUT2D eigenvalue weighted by Gasteiger charge is -2.34. The van der Waals surface area contributed by atoms with Crippen LogP contribution in [0.5, 0.6) is 0 Å². The number of aliphatic carboxylic acids is 1. The van der Waals surface area contributed by atoms with Crippen molar-refractivity contribution in [2.24, 2.45) is 5.92 Å². The van der Waals surface area contributed by atoms with Gasteiger partial charge in [-0.05, 0) is 54.5 Å². The molecule has 6 nitrogen and oxygen atoms in total. The van der Waals surface area contributed by atoms with E-state index in [1.807, 2.05) is 12.1 Å². The van der Waals surface area contributed by atoms with Crippen LogP contribution in [0.25, 0.3) is 10.1 Å². The van der Waals surface area contributed by atoms with Crippen LogP contribution in [-0.2, 0) is 27.7 Å². The maximum absolute atomic E-state index is 13.9. The van der Waals surface area contributed by atoms with E-state index in [0.717, 1.165) is 24.8 Å². The number of nitrogens with zero attached hydrogens (tertiary/aromatic N) is 2. The Hall–Kier alpha value is -2.70. The Balaban J connectivity index is 1.77. The number of alkyl halides is 3. The number of halogens is 4. The van der Waals surface area contributed by atoms with E-state index >= 15 is 0 Å². The molecule has 0 spiro atoms. The fraction of sp³-hybridized carbons (Fsp3) is 0.348. The van der Waals surface area contributed by atoms with E-state index in [1.54, 1.807) is 19.1 Å². The average Bonchev–Trinajstić information content (AvgIpc) is 3.13. The summed E-state index contributed by atoms with van der Waals surface area (Å²) >= 11 is 1.19. The van der Waals surface area contributed by atoms with Gasteiger partial charge in [0.2, 0.25) is 0 Å². The van der Waals surface area contributed by atoms with Crippen LogP contribution in [0.4, 0.5) is 22.6 Å². The lowest BCUT2D eigenvalue weighted by Crippen LogP contribution is -2.47. The number of carbonyl (C=O) groups is 1. The highest BCUT2D eigenvalue weighted by molar-refractivity contribution is 7.90.